The largest absolute Gasteiger partial charge is 0.465 e. The van der Waals surface area contributed by atoms with E-state index in [0.717, 1.165) is 5.56 Å². The second kappa shape index (κ2) is 8.58. The summed E-state index contributed by atoms with van der Waals surface area (Å²) in [6, 6.07) is 11.0. The number of esters is 1. The van der Waals surface area contributed by atoms with E-state index in [1.54, 1.807) is 37.3 Å². The van der Waals surface area contributed by atoms with Crippen LogP contribution in [0.2, 0.25) is 0 Å². The quantitative estimate of drug-likeness (QED) is 0.497. The van der Waals surface area contributed by atoms with Crippen LogP contribution in [0.5, 0.6) is 0 Å². The first-order valence-electron chi connectivity index (χ1n) is 7.39. The lowest BCUT2D eigenvalue weighted by Gasteiger charge is -2.06. The number of rotatable bonds is 6. The maximum Gasteiger partial charge on any atom is 0.337 e. The van der Waals surface area contributed by atoms with Crippen molar-refractivity contribution in [3.63, 3.8) is 0 Å². The normalized spacial score (nSPS) is 10.5. The summed E-state index contributed by atoms with van der Waals surface area (Å²) >= 11 is 0. The summed E-state index contributed by atoms with van der Waals surface area (Å²) in [5.74, 6) is -1.47. The molecule has 2 aromatic carbocycles. The lowest BCUT2D eigenvalue weighted by atomic mass is 10.1. The third-order valence-corrected chi connectivity index (χ3v) is 3.20. The van der Waals surface area contributed by atoms with Crippen LogP contribution in [0.3, 0.4) is 0 Å². The third kappa shape index (κ3) is 5.42. The SMILES string of the molecule is COC(=O)c1ccc(/C=N/OCC(=O)Nc2ccc(C)cc2F)cc1. The molecule has 7 heteroatoms. The van der Waals surface area contributed by atoms with Crippen molar-refractivity contribution in [2.24, 2.45) is 5.16 Å². The van der Waals surface area contributed by atoms with Crippen LogP contribution in [0.25, 0.3) is 0 Å². The van der Waals surface area contributed by atoms with Crippen molar-refractivity contribution in [2.45, 2.75) is 6.92 Å². The Hall–Kier alpha value is -3.22. The van der Waals surface area contributed by atoms with Crippen LogP contribution in [0.4, 0.5) is 10.1 Å². The number of nitrogens with one attached hydrogen (secondary N) is 1. The molecular formula is C18H17FN2O4. The topological polar surface area (TPSA) is 77.0 Å². The van der Waals surface area contributed by atoms with Gasteiger partial charge >= 0.3 is 5.97 Å². The van der Waals surface area contributed by atoms with Gasteiger partial charge in [0.05, 0.1) is 24.6 Å². The minimum absolute atomic E-state index is 0.0848. The maximum absolute atomic E-state index is 13.6. The molecule has 0 fully saturated rings. The summed E-state index contributed by atoms with van der Waals surface area (Å²) in [6.07, 6.45) is 1.39. The number of aryl methyl sites for hydroxylation is 1. The number of anilines is 1. The molecule has 0 atom stereocenters. The number of carbonyl (C=O) groups excluding carboxylic acids is 2. The summed E-state index contributed by atoms with van der Waals surface area (Å²) in [5.41, 5.74) is 1.94. The molecule has 0 bridgehead atoms. The molecule has 0 heterocycles. The Labute approximate surface area is 144 Å². The van der Waals surface area contributed by atoms with E-state index < -0.39 is 17.7 Å². The van der Waals surface area contributed by atoms with Gasteiger partial charge in [0.2, 0.25) is 0 Å². The molecule has 130 valence electrons. The predicted octanol–water partition coefficient (Wildman–Crippen LogP) is 2.91. The van der Waals surface area contributed by atoms with Gasteiger partial charge in [-0.3, -0.25) is 4.79 Å². The monoisotopic (exact) mass is 344 g/mol. The summed E-state index contributed by atoms with van der Waals surface area (Å²) in [7, 11) is 1.30. The molecule has 1 amide bonds. The Morgan fingerprint density at radius 3 is 2.56 bits per heavy atom. The number of hydrogen-bond acceptors (Lipinski definition) is 5. The minimum atomic E-state index is -0.527. The third-order valence-electron chi connectivity index (χ3n) is 3.20. The fraction of sp³-hybridized carbons (Fsp3) is 0.167. The van der Waals surface area contributed by atoms with Gasteiger partial charge in [-0.25, -0.2) is 9.18 Å². The summed E-state index contributed by atoms with van der Waals surface area (Å²) < 4.78 is 18.2. The fourth-order valence-electron chi connectivity index (χ4n) is 1.92. The lowest BCUT2D eigenvalue weighted by Crippen LogP contribution is -2.17. The maximum atomic E-state index is 13.6. The highest BCUT2D eigenvalue weighted by molar-refractivity contribution is 5.92. The first-order chi connectivity index (χ1) is 12.0. The van der Waals surface area contributed by atoms with Crippen LogP contribution in [0.15, 0.2) is 47.6 Å². The van der Waals surface area contributed by atoms with Gasteiger partial charge in [-0.1, -0.05) is 23.4 Å². The molecule has 6 nitrogen and oxygen atoms in total. The van der Waals surface area contributed by atoms with E-state index >= 15 is 0 Å². The number of amides is 1. The lowest BCUT2D eigenvalue weighted by molar-refractivity contribution is -0.120. The predicted molar refractivity (Wildman–Crippen MR) is 91.1 cm³/mol. The van der Waals surface area contributed by atoms with Gasteiger partial charge in [0.1, 0.15) is 5.82 Å². The second-order valence-electron chi connectivity index (χ2n) is 5.15. The van der Waals surface area contributed by atoms with Gasteiger partial charge in [-0.05, 0) is 42.3 Å². The Bertz CT molecular complexity index is 788. The van der Waals surface area contributed by atoms with Crippen molar-refractivity contribution in [2.75, 3.05) is 19.0 Å². The van der Waals surface area contributed by atoms with Crippen molar-refractivity contribution < 1.29 is 23.6 Å². The highest BCUT2D eigenvalue weighted by atomic mass is 19.1. The number of oxime groups is 1. The number of ether oxygens (including phenoxy) is 1. The van der Waals surface area contributed by atoms with Crippen LogP contribution in [0, 0.1) is 12.7 Å². The molecule has 0 saturated heterocycles. The molecule has 0 radical (unpaired) electrons. The summed E-state index contributed by atoms with van der Waals surface area (Å²) in [6.45, 7) is 1.40. The fourth-order valence-corrected chi connectivity index (χ4v) is 1.92. The standard InChI is InChI=1S/C18H17FN2O4/c1-12-3-8-16(15(19)9-12)21-17(22)11-25-20-10-13-4-6-14(7-5-13)18(23)24-2/h3-10H,11H2,1-2H3,(H,21,22)/b20-10+. The van der Waals surface area contributed by atoms with E-state index in [1.165, 1.54) is 25.5 Å². The molecule has 25 heavy (non-hydrogen) atoms. The highest BCUT2D eigenvalue weighted by Gasteiger charge is 2.07. The smallest absolute Gasteiger partial charge is 0.337 e. The van der Waals surface area contributed by atoms with E-state index in [-0.39, 0.29) is 12.3 Å². The Morgan fingerprint density at radius 1 is 1.20 bits per heavy atom. The van der Waals surface area contributed by atoms with Gasteiger partial charge in [0.25, 0.3) is 5.91 Å². The molecule has 0 unspecified atom stereocenters. The molecule has 2 aromatic rings. The van der Waals surface area contributed by atoms with Crippen molar-refractivity contribution in [3.05, 3.63) is 65.0 Å². The minimum Gasteiger partial charge on any atom is -0.465 e. The Morgan fingerprint density at radius 2 is 1.92 bits per heavy atom. The summed E-state index contributed by atoms with van der Waals surface area (Å²) in [5, 5.41) is 6.06. The first kappa shape index (κ1) is 18.1. The molecule has 0 saturated carbocycles. The van der Waals surface area contributed by atoms with Crippen LogP contribution < -0.4 is 5.32 Å². The number of carbonyl (C=O) groups is 2. The van der Waals surface area contributed by atoms with E-state index in [0.29, 0.717) is 11.1 Å². The molecule has 0 aromatic heterocycles. The molecule has 0 aliphatic carbocycles. The van der Waals surface area contributed by atoms with Gasteiger partial charge in [-0.2, -0.15) is 0 Å². The van der Waals surface area contributed by atoms with Crippen molar-refractivity contribution in [1.29, 1.82) is 0 Å². The second-order valence-corrected chi connectivity index (χ2v) is 5.15. The number of nitrogens with zero attached hydrogens (tertiary/aromatic N) is 1. The van der Waals surface area contributed by atoms with Gasteiger partial charge in [0.15, 0.2) is 6.61 Å². The Balaban J connectivity index is 1.82. The zero-order valence-electron chi connectivity index (χ0n) is 13.8. The highest BCUT2D eigenvalue weighted by Crippen LogP contribution is 2.15. The zero-order chi connectivity index (χ0) is 18.2. The van der Waals surface area contributed by atoms with Gasteiger partial charge < -0.3 is 14.9 Å². The zero-order valence-corrected chi connectivity index (χ0v) is 13.8. The summed E-state index contributed by atoms with van der Waals surface area (Å²) in [4.78, 5) is 27.9. The first-order valence-corrected chi connectivity index (χ1v) is 7.39. The van der Waals surface area contributed by atoms with Crippen LogP contribution >= 0.6 is 0 Å². The number of halogens is 1. The molecule has 1 N–H and O–H groups in total. The van der Waals surface area contributed by atoms with Crippen molar-refractivity contribution in [1.82, 2.24) is 0 Å². The molecule has 0 spiro atoms. The number of methoxy groups -OCH3 is 1. The van der Waals surface area contributed by atoms with E-state index in [1.807, 2.05) is 0 Å². The molecule has 2 rings (SSSR count). The average Bonchev–Trinajstić information content (AvgIpc) is 2.61. The Kier molecular flexibility index (Phi) is 6.22. The average molecular weight is 344 g/mol. The van der Waals surface area contributed by atoms with Gasteiger partial charge in [-0.15, -0.1) is 0 Å². The number of hydrogen-bond donors (Lipinski definition) is 1. The molecule has 0 aliphatic rings. The number of benzene rings is 2. The van der Waals surface area contributed by atoms with Crippen LogP contribution in [0.1, 0.15) is 21.5 Å². The van der Waals surface area contributed by atoms with Crippen molar-refractivity contribution in [3.8, 4) is 0 Å². The van der Waals surface area contributed by atoms with E-state index in [4.69, 9.17) is 4.84 Å². The molecular weight excluding hydrogens is 327 g/mol. The van der Waals surface area contributed by atoms with Crippen LogP contribution in [-0.4, -0.2) is 31.8 Å². The van der Waals surface area contributed by atoms with Crippen molar-refractivity contribution >= 4 is 23.8 Å². The van der Waals surface area contributed by atoms with Crippen LogP contribution in [-0.2, 0) is 14.4 Å². The van der Waals surface area contributed by atoms with E-state index in [9.17, 15) is 14.0 Å². The van der Waals surface area contributed by atoms with Gasteiger partial charge in [0, 0.05) is 0 Å². The molecule has 0 aliphatic heterocycles. The van der Waals surface area contributed by atoms with E-state index in [2.05, 4.69) is 15.2 Å².